The van der Waals surface area contributed by atoms with Gasteiger partial charge in [0.05, 0.1) is 17.6 Å². The molecule has 6 nitrogen and oxygen atoms in total. The molecule has 1 heterocycles. The third-order valence-corrected chi connectivity index (χ3v) is 4.24. The number of benzene rings is 1. The standard InChI is InChI=1S/C19H27N3O3/c1-19(2,3)25-18(23)21(4)11-17-20-15-10-14(13-6-7-13)8-9-16(15)22(17)12-24-5/h8-10,13H,6-7,11-12H2,1-5H3. The second-order valence-corrected chi connectivity index (χ2v) is 7.73. The van der Waals surface area contributed by atoms with Crippen molar-refractivity contribution in [1.82, 2.24) is 14.5 Å². The van der Waals surface area contributed by atoms with E-state index in [0.29, 0.717) is 19.2 Å². The molecule has 6 heteroatoms. The monoisotopic (exact) mass is 345 g/mol. The van der Waals surface area contributed by atoms with Gasteiger partial charge in [-0.3, -0.25) is 0 Å². The molecule has 1 aromatic heterocycles. The summed E-state index contributed by atoms with van der Waals surface area (Å²) in [5.74, 6) is 1.48. The van der Waals surface area contributed by atoms with Gasteiger partial charge in [0.1, 0.15) is 18.2 Å². The molecular weight excluding hydrogens is 318 g/mol. The number of methoxy groups -OCH3 is 1. The molecule has 0 bridgehead atoms. The molecule has 2 aromatic rings. The zero-order valence-corrected chi connectivity index (χ0v) is 15.7. The number of rotatable bonds is 5. The number of hydrogen-bond donors (Lipinski definition) is 0. The van der Waals surface area contributed by atoms with Crippen molar-refractivity contribution >= 4 is 17.1 Å². The number of carbonyl (C=O) groups is 1. The van der Waals surface area contributed by atoms with Gasteiger partial charge in [-0.25, -0.2) is 9.78 Å². The highest BCUT2D eigenvalue weighted by Gasteiger charge is 2.25. The van der Waals surface area contributed by atoms with Crippen LogP contribution in [-0.4, -0.2) is 40.3 Å². The highest BCUT2D eigenvalue weighted by molar-refractivity contribution is 5.77. The van der Waals surface area contributed by atoms with Crippen LogP contribution >= 0.6 is 0 Å². The number of carbonyl (C=O) groups excluding carboxylic acids is 1. The predicted molar refractivity (Wildman–Crippen MR) is 96.4 cm³/mol. The Morgan fingerprint density at radius 1 is 1.36 bits per heavy atom. The zero-order chi connectivity index (χ0) is 18.2. The Morgan fingerprint density at radius 3 is 2.68 bits per heavy atom. The molecule has 1 fully saturated rings. The van der Waals surface area contributed by atoms with E-state index >= 15 is 0 Å². The van der Waals surface area contributed by atoms with Gasteiger partial charge in [0.15, 0.2) is 0 Å². The molecule has 1 aromatic carbocycles. The first-order chi connectivity index (χ1) is 11.8. The van der Waals surface area contributed by atoms with Crippen LogP contribution in [0, 0.1) is 0 Å². The van der Waals surface area contributed by atoms with E-state index in [1.165, 1.54) is 18.4 Å². The fraction of sp³-hybridized carbons (Fsp3) is 0.579. The van der Waals surface area contributed by atoms with Gasteiger partial charge >= 0.3 is 6.09 Å². The number of amides is 1. The van der Waals surface area contributed by atoms with Gasteiger partial charge < -0.3 is 18.9 Å². The van der Waals surface area contributed by atoms with Crippen molar-refractivity contribution < 1.29 is 14.3 Å². The minimum absolute atomic E-state index is 0.359. The lowest BCUT2D eigenvalue weighted by Crippen LogP contribution is -2.34. The molecule has 0 N–H and O–H groups in total. The first-order valence-electron chi connectivity index (χ1n) is 8.70. The maximum absolute atomic E-state index is 12.2. The van der Waals surface area contributed by atoms with Crippen molar-refractivity contribution in [1.29, 1.82) is 0 Å². The molecule has 1 aliphatic carbocycles. The third-order valence-electron chi connectivity index (χ3n) is 4.24. The summed E-state index contributed by atoms with van der Waals surface area (Å²) in [6, 6.07) is 6.44. The van der Waals surface area contributed by atoms with Crippen LogP contribution in [-0.2, 0) is 22.7 Å². The largest absolute Gasteiger partial charge is 0.444 e. The lowest BCUT2D eigenvalue weighted by atomic mass is 10.1. The molecule has 1 saturated carbocycles. The first kappa shape index (κ1) is 17.7. The molecule has 136 valence electrons. The summed E-state index contributed by atoms with van der Waals surface area (Å²) in [5, 5.41) is 0. The molecule has 0 aliphatic heterocycles. The van der Waals surface area contributed by atoms with Crippen LogP contribution in [0.25, 0.3) is 11.0 Å². The van der Waals surface area contributed by atoms with E-state index in [1.807, 2.05) is 25.3 Å². The van der Waals surface area contributed by atoms with E-state index in [1.54, 1.807) is 19.1 Å². The van der Waals surface area contributed by atoms with Crippen molar-refractivity contribution in [3.8, 4) is 0 Å². The van der Waals surface area contributed by atoms with Gasteiger partial charge in [-0.1, -0.05) is 6.07 Å². The number of imidazole rings is 1. The predicted octanol–water partition coefficient (Wildman–Crippen LogP) is 3.88. The molecule has 0 spiro atoms. The highest BCUT2D eigenvalue weighted by Crippen LogP contribution is 2.40. The molecule has 0 atom stereocenters. The number of fused-ring (bicyclic) bond motifs is 1. The van der Waals surface area contributed by atoms with E-state index in [0.717, 1.165) is 16.9 Å². The minimum Gasteiger partial charge on any atom is -0.444 e. The lowest BCUT2D eigenvalue weighted by molar-refractivity contribution is 0.0275. The first-order valence-corrected chi connectivity index (χ1v) is 8.70. The van der Waals surface area contributed by atoms with Crippen LogP contribution < -0.4 is 0 Å². The number of nitrogens with zero attached hydrogens (tertiary/aromatic N) is 3. The van der Waals surface area contributed by atoms with E-state index in [4.69, 9.17) is 14.5 Å². The molecule has 25 heavy (non-hydrogen) atoms. The average molecular weight is 345 g/mol. The summed E-state index contributed by atoms with van der Waals surface area (Å²) < 4.78 is 12.8. The Labute approximate surface area is 148 Å². The number of ether oxygens (including phenoxy) is 2. The molecule has 0 unspecified atom stereocenters. The Hall–Kier alpha value is -2.08. The number of hydrogen-bond acceptors (Lipinski definition) is 4. The van der Waals surface area contributed by atoms with Crippen LogP contribution in [0.1, 0.15) is 50.9 Å². The molecule has 0 saturated heterocycles. The van der Waals surface area contributed by atoms with Crippen LogP contribution in [0.3, 0.4) is 0 Å². The molecule has 0 radical (unpaired) electrons. The SMILES string of the molecule is COCn1c(CN(C)C(=O)OC(C)(C)C)nc2cc(C3CC3)ccc21. The van der Waals surface area contributed by atoms with E-state index in [-0.39, 0.29) is 6.09 Å². The van der Waals surface area contributed by atoms with Gasteiger partial charge in [-0.2, -0.15) is 0 Å². The Kier molecular flexibility index (Phi) is 4.73. The van der Waals surface area contributed by atoms with Gasteiger partial charge in [-0.15, -0.1) is 0 Å². The summed E-state index contributed by atoms with van der Waals surface area (Å²) in [7, 11) is 3.38. The van der Waals surface area contributed by atoms with E-state index < -0.39 is 5.60 Å². The Balaban J connectivity index is 1.86. The molecule has 3 rings (SSSR count). The highest BCUT2D eigenvalue weighted by atomic mass is 16.6. The van der Waals surface area contributed by atoms with Crippen LogP contribution in [0.5, 0.6) is 0 Å². The maximum Gasteiger partial charge on any atom is 0.410 e. The van der Waals surface area contributed by atoms with Crippen molar-refractivity contribution in [2.24, 2.45) is 0 Å². The van der Waals surface area contributed by atoms with E-state index in [2.05, 4.69) is 18.2 Å². The van der Waals surface area contributed by atoms with Crippen molar-refractivity contribution in [3.05, 3.63) is 29.6 Å². The van der Waals surface area contributed by atoms with Crippen molar-refractivity contribution in [2.45, 2.75) is 58.4 Å². The summed E-state index contributed by atoms with van der Waals surface area (Å²) in [5.41, 5.74) is 2.81. The summed E-state index contributed by atoms with van der Waals surface area (Å²) in [6.45, 7) is 6.34. The third kappa shape index (κ3) is 4.12. The van der Waals surface area contributed by atoms with Gasteiger partial charge in [0.2, 0.25) is 0 Å². The normalized spacial score (nSPS) is 14.8. The Morgan fingerprint density at radius 2 is 2.08 bits per heavy atom. The van der Waals surface area contributed by atoms with Gasteiger partial charge in [0, 0.05) is 14.2 Å². The summed E-state index contributed by atoms with van der Waals surface area (Å²) in [4.78, 5) is 18.5. The second kappa shape index (κ2) is 6.67. The van der Waals surface area contributed by atoms with Crippen molar-refractivity contribution in [3.63, 3.8) is 0 Å². The average Bonchev–Trinajstić information content (AvgIpc) is 3.31. The fourth-order valence-corrected chi connectivity index (χ4v) is 2.88. The maximum atomic E-state index is 12.2. The van der Waals surface area contributed by atoms with Crippen LogP contribution in [0.2, 0.25) is 0 Å². The minimum atomic E-state index is -0.517. The molecular formula is C19H27N3O3. The van der Waals surface area contributed by atoms with Gasteiger partial charge in [-0.05, 0) is 57.2 Å². The molecule has 1 aliphatic rings. The lowest BCUT2D eigenvalue weighted by Gasteiger charge is -2.24. The summed E-state index contributed by atoms with van der Waals surface area (Å²) in [6.07, 6.45) is 2.17. The Bertz CT molecular complexity index is 772. The number of aromatic nitrogens is 2. The summed E-state index contributed by atoms with van der Waals surface area (Å²) >= 11 is 0. The van der Waals surface area contributed by atoms with Crippen LogP contribution in [0.15, 0.2) is 18.2 Å². The van der Waals surface area contributed by atoms with Gasteiger partial charge in [0.25, 0.3) is 0 Å². The topological polar surface area (TPSA) is 56.6 Å². The van der Waals surface area contributed by atoms with Crippen molar-refractivity contribution in [2.75, 3.05) is 14.2 Å². The smallest absolute Gasteiger partial charge is 0.410 e. The molecule has 1 amide bonds. The quantitative estimate of drug-likeness (QED) is 0.825. The van der Waals surface area contributed by atoms with E-state index in [9.17, 15) is 4.79 Å². The second-order valence-electron chi connectivity index (χ2n) is 7.73. The zero-order valence-electron chi connectivity index (χ0n) is 15.7. The fourth-order valence-electron chi connectivity index (χ4n) is 2.88. The van der Waals surface area contributed by atoms with Crippen LogP contribution in [0.4, 0.5) is 4.79 Å².